The first kappa shape index (κ1) is 14.8. The number of hydrogen-bond acceptors (Lipinski definition) is 3. The van der Waals surface area contributed by atoms with Crippen LogP contribution in [0, 0.1) is 0 Å². The molecule has 5 nitrogen and oxygen atoms in total. The number of carbonyl (C=O) groups is 3. The van der Waals surface area contributed by atoms with Gasteiger partial charge >= 0.3 is 5.97 Å². The highest BCUT2D eigenvalue weighted by atomic mass is 16.4. The predicted molar refractivity (Wildman–Crippen MR) is 80.0 cm³/mol. The van der Waals surface area contributed by atoms with Crippen LogP contribution >= 0.6 is 0 Å². The molecule has 0 aromatic heterocycles. The Morgan fingerprint density at radius 1 is 0.955 bits per heavy atom. The van der Waals surface area contributed by atoms with Gasteiger partial charge in [0.1, 0.15) is 0 Å². The minimum absolute atomic E-state index is 0.0411. The van der Waals surface area contributed by atoms with Gasteiger partial charge in [0, 0.05) is 6.04 Å². The van der Waals surface area contributed by atoms with E-state index >= 15 is 0 Å². The van der Waals surface area contributed by atoms with Crippen LogP contribution in [0.5, 0.6) is 0 Å². The lowest BCUT2D eigenvalue weighted by Gasteiger charge is -2.27. The summed E-state index contributed by atoms with van der Waals surface area (Å²) in [5.74, 6) is -1.70. The Kier molecular flexibility index (Phi) is 3.96. The first-order valence-electron chi connectivity index (χ1n) is 7.85. The second-order valence-electron chi connectivity index (χ2n) is 6.04. The topological polar surface area (TPSA) is 74.7 Å². The SMILES string of the molecule is O=C(O)c1ccc2c(c1)C(=O)N(C1CCCCCCC1)C2=O. The van der Waals surface area contributed by atoms with Crippen LogP contribution in [-0.4, -0.2) is 33.8 Å². The van der Waals surface area contributed by atoms with E-state index in [1.54, 1.807) is 0 Å². The van der Waals surface area contributed by atoms with Crippen molar-refractivity contribution in [3.8, 4) is 0 Å². The Bertz CT molecular complexity index is 630. The van der Waals surface area contributed by atoms with Crippen LogP contribution in [0.4, 0.5) is 0 Å². The van der Waals surface area contributed by atoms with E-state index in [0.717, 1.165) is 38.5 Å². The van der Waals surface area contributed by atoms with E-state index < -0.39 is 5.97 Å². The third-order valence-corrected chi connectivity index (χ3v) is 4.60. The van der Waals surface area contributed by atoms with Gasteiger partial charge in [0.15, 0.2) is 0 Å². The van der Waals surface area contributed by atoms with Crippen molar-refractivity contribution >= 4 is 17.8 Å². The fourth-order valence-corrected chi connectivity index (χ4v) is 3.42. The molecule has 2 aliphatic rings. The first-order valence-corrected chi connectivity index (χ1v) is 7.85. The van der Waals surface area contributed by atoms with Gasteiger partial charge in [0.2, 0.25) is 0 Å². The highest BCUT2D eigenvalue weighted by Gasteiger charge is 2.40. The lowest BCUT2D eigenvalue weighted by molar-refractivity contribution is 0.0558. The lowest BCUT2D eigenvalue weighted by Crippen LogP contribution is -2.40. The second-order valence-corrected chi connectivity index (χ2v) is 6.04. The van der Waals surface area contributed by atoms with Gasteiger partial charge in [-0.1, -0.05) is 32.1 Å². The van der Waals surface area contributed by atoms with Gasteiger partial charge in [-0.3, -0.25) is 14.5 Å². The molecule has 0 bridgehead atoms. The zero-order valence-corrected chi connectivity index (χ0v) is 12.4. The van der Waals surface area contributed by atoms with Crippen molar-refractivity contribution in [2.75, 3.05) is 0 Å². The minimum Gasteiger partial charge on any atom is -0.478 e. The molecule has 5 heteroatoms. The van der Waals surface area contributed by atoms with E-state index in [9.17, 15) is 14.4 Å². The normalized spacial score (nSPS) is 19.7. The maximum absolute atomic E-state index is 12.6. The number of rotatable bonds is 2. The first-order chi connectivity index (χ1) is 10.6. The Morgan fingerprint density at radius 2 is 1.55 bits per heavy atom. The quantitative estimate of drug-likeness (QED) is 0.852. The van der Waals surface area contributed by atoms with Crippen molar-refractivity contribution < 1.29 is 19.5 Å². The lowest BCUT2D eigenvalue weighted by atomic mass is 9.95. The summed E-state index contributed by atoms with van der Waals surface area (Å²) in [6.07, 6.45) is 7.24. The summed E-state index contributed by atoms with van der Waals surface area (Å²) in [5, 5.41) is 9.04. The van der Waals surface area contributed by atoms with Gasteiger partial charge in [-0.05, 0) is 31.0 Å². The summed E-state index contributed by atoms with van der Waals surface area (Å²) in [6, 6.07) is 4.11. The summed E-state index contributed by atoms with van der Waals surface area (Å²) in [7, 11) is 0. The Hall–Kier alpha value is -2.17. The molecule has 0 atom stereocenters. The molecule has 1 saturated carbocycles. The number of carboxylic acids is 1. The van der Waals surface area contributed by atoms with Gasteiger partial charge in [0.05, 0.1) is 16.7 Å². The predicted octanol–water partition coefficient (Wildman–Crippen LogP) is 3.09. The summed E-state index contributed by atoms with van der Waals surface area (Å²) in [6.45, 7) is 0. The fraction of sp³-hybridized carbons (Fsp3) is 0.471. The molecule has 1 aliphatic carbocycles. The van der Waals surface area contributed by atoms with E-state index in [-0.39, 0.29) is 29.0 Å². The van der Waals surface area contributed by atoms with E-state index in [4.69, 9.17) is 5.11 Å². The molecule has 1 N–H and O–H groups in total. The Balaban J connectivity index is 1.90. The van der Waals surface area contributed by atoms with Crippen LogP contribution in [0.25, 0.3) is 0 Å². The molecular weight excluding hydrogens is 282 g/mol. The summed E-state index contributed by atoms with van der Waals surface area (Å²) in [5.41, 5.74) is 0.600. The van der Waals surface area contributed by atoms with Crippen molar-refractivity contribution in [2.45, 2.75) is 51.0 Å². The Morgan fingerprint density at radius 3 is 2.18 bits per heavy atom. The van der Waals surface area contributed by atoms with E-state index in [1.165, 1.54) is 29.5 Å². The molecule has 1 aliphatic heterocycles. The number of fused-ring (bicyclic) bond motifs is 1. The molecule has 1 fully saturated rings. The molecule has 1 heterocycles. The van der Waals surface area contributed by atoms with Crippen molar-refractivity contribution in [1.82, 2.24) is 4.90 Å². The zero-order valence-electron chi connectivity index (χ0n) is 12.4. The van der Waals surface area contributed by atoms with E-state index in [2.05, 4.69) is 0 Å². The number of aromatic carboxylic acids is 1. The molecule has 1 aromatic carbocycles. The van der Waals surface area contributed by atoms with Crippen molar-refractivity contribution in [3.63, 3.8) is 0 Å². The van der Waals surface area contributed by atoms with Gasteiger partial charge in [-0.2, -0.15) is 0 Å². The van der Waals surface area contributed by atoms with Gasteiger partial charge in [0.25, 0.3) is 11.8 Å². The van der Waals surface area contributed by atoms with Gasteiger partial charge < -0.3 is 5.11 Å². The molecule has 3 rings (SSSR count). The maximum atomic E-state index is 12.6. The van der Waals surface area contributed by atoms with Crippen molar-refractivity contribution in [3.05, 3.63) is 34.9 Å². The minimum atomic E-state index is -1.09. The smallest absolute Gasteiger partial charge is 0.335 e. The number of carboxylic acid groups (broad SMARTS) is 1. The zero-order chi connectivity index (χ0) is 15.7. The molecule has 0 spiro atoms. The van der Waals surface area contributed by atoms with Crippen molar-refractivity contribution in [2.24, 2.45) is 0 Å². The third kappa shape index (κ3) is 2.51. The average Bonchev–Trinajstić information content (AvgIpc) is 2.71. The van der Waals surface area contributed by atoms with Crippen LogP contribution in [0.2, 0.25) is 0 Å². The highest BCUT2D eigenvalue weighted by Crippen LogP contribution is 2.30. The monoisotopic (exact) mass is 301 g/mol. The number of imide groups is 1. The van der Waals surface area contributed by atoms with E-state index in [1.807, 2.05) is 0 Å². The molecule has 2 amide bonds. The van der Waals surface area contributed by atoms with E-state index in [0.29, 0.717) is 5.56 Å². The number of nitrogens with zero attached hydrogens (tertiary/aromatic N) is 1. The number of carbonyl (C=O) groups excluding carboxylic acids is 2. The van der Waals surface area contributed by atoms with Crippen LogP contribution in [-0.2, 0) is 0 Å². The molecule has 22 heavy (non-hydrogen) atoms. The van der Waals surface area contributed by atoms with Crippen LogP contribution in [0.15, 0.2) is 18.2 Å². The fourth-order valence-electron chi connectivity index (χ4n) is 3.42. The van der Waals surface area contributed by atoms with Crippen LogP contribution in [0.1, 0.15) is 76.0 Å². The average molecular weight is 301 g/mol. The molecule has 116 valence electrons. The summed E-state index contributed by atoms with van der Waals surface area (Å²) < 4.78 is 0. The molecule has 0 unspecified atom stereocenters. The van der Waals surface area contributed by atoms with Crippen molar-refractivity contribution in [1.29, 1.82) is 0 Å². The van der Waals surface area contributed by atoms with Crippen LogP contribution in [0.3, 0.4) is 0 Å². The van der Waals surface area contributed by atoms with Gasteiger partial charge in [-0.25, -0.2) is 4.79 Å². The number of amides is 2. The third-order valence-electron chi connectivity index (χ3n) is 4.60. The molecule has 1 aromatic rings. The van der Waals surface area contributed by atoms with Gasteiger partial charge in [-0.15, -0.1) is 0 Å². The summed E-state index contributed by atoms with van der Waals surface area (Å²) >= 11 is 0. The second kappa shape index (κ2) is 5.91. The number of benzene rings is 1. The van der Waals surface area contributed by atoms with Crippen LogP contribution < -0.4 is 0 Å². The Labute approximate surface area is 128 Å². The highest BCUT2D eigenvalue weighted by molar-refractivity contribution is 6.22. The molecule has 0 saturated heterocycles. The largest absolute Gasteiger partial charge is 0.478 e. The molecular formula is C17H19NO4. The standard InChI is InChI=1S/C17H19NO4/c19-15-13-9-8-11(17(21)22)10-14(13)16(20)18(15)12-6-4-2-1-3-5-7-12/h8-10,12H,1-7H2,(H,21,22). The molecule has 0 radical (unpaired) electrons. The summed E-state index contributed by atoms with van der Waals surface area (Å²) in [4.78, 5) is 37.5. The number of hydrogen-bond donors (Lipinski definition) is 1. The maximum Gasteiger partial charge on any atom is 0.335 e.